The molecule has 13 nitrogen and oxygen atoms in total. The van der Waals surface area contributed by atoms with Crippen molar-refractivity contribution in [2.24, 2.45) is 5.73 Å². The number of imidazole rings is 3. The van der Waals surface area contributed by atoms with Crippen LogP contribution in [0.4, 0.5) is 0 Å². The Morgan fingerprint density at radius 1 is 0.648 bits per heavy atom. The second-order valence-electron chi connectivity index (χ2n) is 18.7. The quantitative estimate of drug-likeness (QED) is 0.0619. The van der Waals surface area contributed by atoms with E-state index in [0.29, 0.717) is 18.3 Å². The molecule has 0 spiro atoms. The van der Waals surface area contributed by atoms with Gasteiger partial charge in [0.1, 0.15) is 17.5 Å². The number of nitrogens with one attached hydrogen (secondary N) is 2. The molecular weight excluding hydrogens is 923 g/mol. The molecule has 3 aromatic carbocycles. The van der Waals surface area contributed by atoms with Crippen LogP contribution in [0, 0.1) is 0 Å². The molecule has 3 aliphatic heterocycles. The lowest BCUT2D eigenvalue weighted by Gasteiger charge is -2.38. The molecule has 0 saturated carbocycles. The number of hydrogen-bond donors (Lipinski definition) is 4. The van der Waals surface area contributed by atoms with E-state index in [-0.39, 0.29) is 29.9 Å². The standard InChI is InChI=1S/C21H30N4OS.C19H26N4OS.C16H21N3/c1-4-5-11-19-20-23-17(16-9-7-6-8-10-16)14-24(20)12-13-25(19)21(26)18(22-2)15-27-3;1-2-3-9-17-18-21-16(14-7-5-4-6-8-14)12-22(18)10-11-23(17)19(24)15(20)13-25;1-2-3-9-14-16-18-15(12-19(16)11-10-17-14)13-7-5-4-6-8-13/h6-10,14,18-19,22H,4-5,11-13,15H2,1-3H3;4-8,12,15,17,25H,2-3,9-11,13,20H2,1H3;4-8,12,14,17H,2-3,9-11H2,1H3/t18-,19-;15-,17-;14-/m000/s1. The smallest absolute Gasteiger partial charge is 0.241 e. The molecule has 3 aliphatic rings. The third kappa shape index (κ3) is 13.5. The van der Waals surface area contributed by atoms with E-state index in [1.54, 1.807) is 11.8 Å². The van der Waals surface area contributed by atoms with Gasteiger partial charge in [-0.15, -0.1) is 0 Å². The summed E-state index contributed by atoms with van der Waals surface area (Å²) in [5.41, 5.74) is 12.5. The first-order valence-corrected chi connectivity index (χ1v) is 28.0. The number of carbonyl (C=O) groups is 2. The number of fused-ring (bicyclic) bond motifs is 3. The highest BCUT2D eigenvalue weighted by molar-refractivity contribution is 7.98. The van der Waals surface area contributed by atoms with Crippen molar-refractivity contribution in [2.75, 3.05) is 44.4 Å². The molecule has 0 bridgehead atoms. The predicted molar refractivity (Wildman–Crippen MR) is 294 cm³/mol. The van der Waals surface area contributed by atoms with Gasteiger partial charge in [-0.1, -0.05) is 150 Å². The SMILES string of the molecule is CCCC[C@@H]1NCCn2cc(-c3ccccc3)nc21.CCCC[C@H]1c2nc(-c3ccccc3)cn2CCN1C(=O)[C@@H](N)CS.CCCC[C@H]1c2nc(-c3ccccc3)cn2CCN1C(=O)[C@H](CSC)NC. The zero-order valence-corrected chi connectivity index (χ0v) is 44.3. The Labute approximate surface area is 432 Å². The van der Waals surface area contributed by atoms with Crippen LogP contribution in [-0.4, -0.2) is 107 Å². The molecule has 0 radical (unpaired) electrons. The van der Waals surface area contributed by atoms with Crippen LogP contribution in [-0.2, 0) is 29.2 Å². The average Bonchev–Trinajstić information content (AvgIpc) is 4.19. The highest BCUT2D eigenvalue weighted by Crippen LogP contribution is 2.35. The molecule has 9 rings (SSSR count). The van der Waals surface area contributed by atoms with Crippen molar-refractivity contribution < 1.29 is 9.59 Å². The summed E-state index contributed by atoms with van der Waals surface area (Å²) in [6, 6.07) is 30.7. The minimum Gasteiger partial charge on any atom is -0.332 e. The van der Waals surface area contributed by atoms with Gasteiger partial charge in [-0.05, 0) is 32.6 Å². The van der Waals surface area contributed by atoms with E-state index >= 15 is 0 Å². The Bertz CT molecular complexity index is 2550. The highest BCUT2D eigenvalue weighted by Gasteiger charge is 2.36. The van der Waals surface area contributed by atoms with Crippen molar-refractivity contribution in [2.45, 2.75) is 128 Å². The lowest BCUT2D eigenvalue weighted by atomic mass is 10.0. The van der Waals surface area contributed by atoms with Gasteiger partial charge in [0.2, 0.25) is 11.8 Å². The van der Waals surface area contributed by atoms with E-state index in [1.807, 2.05) is 60.7 Å². The predicted octanol–water partition coefficient (Wildman–Crippen LogP) is 9.84. The molecule has 0 unspecified atom stereocenters. The summed E-state index contributed by atoms with van der Waals surface area (Å²) in [5, 5.41) is 6.78. The summed E-state index contributed by atoms with van der Waals surface area (Å²) in [6.45, 7) is 11.7. The van der Waals surface area contributed by atoms with Crippen LogP contribution in [0.3, 0.4) is 0 Å². The third-order valence-corrected chi connectivity index (χ3v) is 14.8. The molecule has 380 valence electrons. The molecule has 2 amide bonds. The van der Waals surface area contributed by atoms with Crippen LogP contribution < -0.4 is 16.4 Å². The number of amides is 2. The van der Waals surface area contributed by atoms with Gasteiger partial charge in [-0.25, -0.2) is 15.0 Å². The molecule has 6 heterocycles. The fourth-order valence-corrected chi connectivity index (χ4v) is 10.6. The topological polar surface area (TPSA) is 144 Å². The third-order valence-electron chi connectivity index (χ3n) is 13.8. The molecule has 0 fully saturated rings. The van der Waals surface area contributed by atoms with E-state index in [9.17, 15) is 9.59 Å². The number of hydrogen-bond acceptors (Lipinski definition) is 10. The second kappa shape index (κ2) is 27.0. The number of nitrogens with two attached hydrogens (primary N) is 1. The molecule has 4 N–H and O–H groups in total. The number of thiol groups is 1. The number of thioether (sulfide) groups is 1. The Morgan fingerprint density at radius 3 is 1.49 bits per heavy atom. The Kier molecular flexibility index (Phi) is 20.4. The van der Waals surface area contributed by atoms with Gasteiger partial charge in [0, 0.05) is 86.1 Å². The van der Waals surface area contributed by atoms with Gasteiger partial charge in [0.05, 0.1) is 47.3 Å². The molecule has 0 saturated heterocycles. The van der Waals surface area contributed by atoms with Crippen molar-refractivity contribution in [3.63, 3.8) is 0 Å². The summed E-state index contributed by atoms with van der Waals surface area (Å²) < 4.78 is 6.76. The normalized spacial score (nSPS) is 17.9. The van der Waals surface area contributed by atoms with Crippen LogP contribution >= 0.6 is 24.4 Å². The summed E-state index contributed by atoms with van der Waals surface area (Å²) in [6.07, 6.45) is 18.4. The van der Waals surface area contributed by atoms with E-state index < -0.39 is 6.04 Å². The van der Waals surface area contributed by atoms with Crippen LogP contribution in [0.5, 0.6) is 0 Å². The average molecular weight is 1000 g/mol. The molecule has 6 aromatic rings. The molecular formula is C56H77N11O2S2. The van der Waals surface area contributed by atoms with Crippen LogP contribution in [0.1, 0.15) is 114 Å². The fraction of sp³-hybridized carbons (Fsp3) is 0.482. The minimum atomic E-state index is -0.553. The van der Waals surface area contributed by atoms with E-state index in [2.05, 4.69) is 130 Å². The first kappa shape index (κ1) is 53.6. The number of aromatic nitrogens is 6. The summed E-state index contributed by atoms with van der Waals surface area (Å²) in [5.74, 6) is 4.53. The maximum absolute atomic E-state index is 13.2. The van der Waals surface area contributed by atoms with Gasteiger partial charge in [0.25, 0.3) is 0 Å². The van der Waals surface area contributed by atoms with Gasteiger partial charge in [-0.3, -0.25) is 9.59 Å². The molecule has 5 atom stereocenters. The lowest BCUT2D eigenvalue weighted by molar-refractivity contribution is -0.137. The zero-order chi connectivity index (χ0) is 50.1. The Balaban J connectivity index is 0.000000159. The zero-order valence-electron chi connectivity index (χ0n) is 42.6. The summed E-state index contributed by atoms with van der Waals surface area (Å²) in [7, 11) is 1.87. The summed E-state index contributed by atoms with van der Waals surface area (Å²) >= 11 is 5.89. The van der Waals surface area contributed by atoms with Crippen LogP contribution in [0.15, 0.2) is 110 Å². The van der Waals surface area contributed by atoms with Crippen molar-refractivity contribution in [1.29, 1.82) is 0 Å². The van der Waals surface area contributed by atoms with Crippen molar-refractivity contribution in [3.05, 3.63) is 127 Å². The largest absolute Gasteiger partial charge is 0.332 e. The number of benzene rings is 3. The van der Waals surface area contributed by atoms with E-state index in [1.165, 1.54) is 30.7 Å². The van der Waals surface area contributed by atoms with Gasteiger partial charge < -0.3 is 39.9 Å². The maximum atomic E-state index is 13.2. The molecule has 3 aromatic heterocycles. The molecule has 71 heavy (non-hydrogen) atoms. The lowest BCUT2D eigenvalue weighted by Crippen LogP contribution is -2.51. The van der Waals surface area contributed by atoms with E-state index in [0.717, 1.165) is 117 Å². The second-order valence-corrected chi connectivity index (χ2v) is 20.0. The summed E-state index contributed by atoms with van der Waals surface area (Å²) in [4.78, 5) is 44.6. The van der Waals surface area contributed by atoms with Gasteiger partial charge in [0.15, 0.2) is 0 Å². The van der Waals surface area contributed by atoms with Gasteiger partial charge >= 0.3 is 0 Å². The fourth-order valence-electron chi connectivity index (χ4n) is 9.82. The van der Waals surface area contributed by atoms with Gasteiger partial charge in [-0.2, -0.15) is 24.4 Å². The number of carbonyl (C=O) groups excluding carboxylic acids is 2. The Morgan fingerprint density at radius 2 is 1.07 bits per heavy atom. The number of unbranched alkanes of at least 4 members (excludes halogenated alkanes) is 3. The minimum absolute atomic E-state index is 0.00963. The first-order chi connectivity index (χ1) is 34.7. The monoisotopic (exact) mass is 1000 g/mol. The van der Waals surface area contributed by atoms with Crippen molar-refractivity contribution in [3.8, 4) is 33.8 Å². The van der Waals surface area contributed by atoms with E-state index in [4.69, 9.17) is 20.7 Å². The maximum Gasteiger partial charge on any atom is 0.241 e. The van der Waals surface area contributed by atoms with Crippen LogP contribution in [0.25, 0.3) is 33.8 Å². The van der Waals surface area contributed by atoms with Crippen molar-refractivity contribution in [1.82, 2.24) is 49.1 Å². The molecule has 15 heteroatoms. The first-order valence-electron chi connectivity index (χ1n) is 26.0. The highest BCUT2D eigenvalue weighted by atomic mass is 32.2. The number of nitrogens with zero attached hydrogens (tertiary/aromatic N) is 8. The number of rotatable bonds is 18. The Hall–Kier alpha value is -5.19. The molecule has 0 aliphatic carbocycles. The number of likely N-dealkylation sites (N-methyl/N-ethyl adjacent to an activating group) is 1. The van der Waals surface area contributed by atoms with Crippen LogP contribution in [0.2, 0.25) is 0 Å². The van der Waals surface area contributed by atoms with Crippen molar-refractivity contribution >= 4 is 36.2 Å².